The summed E-state index contributed by atoms with van der Waals surface area (Å²) < 4.78 is 0. The summed E-state index contributed by atoms with van der Waals surface area (Å²) in [6, 6.07) is 8.36. The fraction of sp³-hybridized carbons (Fsp3) is 0.308. The van der Waals surface area contributed by atoms with Crippen molar-refractivity contribution in [3.8, 4) is 0 Å². The zero-order chi connectivity index (χ0) is 10.9. The Morgan fingerprint density at radius 3 is 2.87 bits per heavy atom. The summed E-state index contributed by atoms with van der Waals surface area (Å²) in [6.45, 7) is 6.01. The number of benzene rings is 1. The molecule has 1 aliphatic rings. The Hall–Kier alpha value is -1.15. The normalized spacial score (nSPS) is 23.4. The van der Waals surface area contributed by atoms with Crippen molar-refractivity contribution in [2.45, 2.75) is 25.3 Å². The van der Waals surface area contributed by atoms with Crippen molar-refractivity contribution in [3.05, 3.63) is 48.0 Å². The molecule has 2 rings (SSSR count). The van der Waals surface area contributed by atoms with Gasteiger partial charge in [-0.25, -0.2) is 0 Å². The van der Waals surface area contributed by atoms with Crippen LogP contribution in [-0.2, 0) is 5.54 Å². The summed E-state index contributed by atoms with van der Waals surface area (Å²) in [7, 11) is 0. The van der Waals surface area contributed by atoms with E-state index in [2.05, 4.69) is 37.0 Å². The second-order valence-corrected chi connectivity index (χ2v) is 4.34. The lowest BCUT2D eigenvalue weighted by molar-refractivity contribution is 0.398. The number of hydrogen-bond donors (Lipinski definition) is 1. The molecule has 0 saturated heterocycles. The van der Waals surface area contributed by atoms with E-state index in [1.165, 1.54) is 11.1 Å². The van der Waals surface area contributed by atoms with E-state index in [4.69, 9.17) is 12.2 Å². The maximum Gasteiger partial charge on any atom is 0.107 e. The van der Waals surface area contributed by atoms with Gasteiger partial charge in [-0.15, -0.1) is 6.58 Å². The summed E-state index contributed by atoms with van der Waals surface area (Å²) in [6.07, 6.45) is 3.90. The molecule has 0 aromatic heterocycles. The van der Waals surface area contributed by atoms with Crippen LogP contribution < -0.4 is 5.32 Å². The molecule has 1 aromatic rings. The van der Waals surface area contributed by atoms with E-state index in [9.17, 15) is 0 Å². The minimum Gasteiger partial charge on any atom is -0.366 e. The van der Waals surface area contributed by atoms with Gasteiger partial charge < -0.3 is 5.32 Å². The van der Waals surface area contributed by atoms with Crippen LogP contribution in [0.2, 0.25) is 0 Å². The van der Waals surface area contributed by atoms with Crippen LogP contribution in [0.5, 0.6) is 0 Å². The van der Waals surface area contributed by atoms with Gasteiger partial charge in [0.15, 0.2) is 0 Å². The molecule has 0 bridgehead atoms. The topological polar surface area (TPSA) is 12.0 Å². The zero-order valence-corrected chi connectivity index (χ0v) is 9.73. The van der Waals surface area contributed by atoms with Gasteiger partial charge in [-0.3, -0.25) is 0 Å². The highest BCUT2D eigenvalue weighted by molar-refractivity contribution is 7.80. The van der Waals surface area contributed by atoms with E-state index in [1.807, 2.05) is 12.1 Å². The largest absolute Gasteiger partial charge is 0.366 e. The molecule has 1 aromatic carbocycles. The Bertz CT molecular complexity index is 411. The van der Waals surface area contributed by atoms with Gasteiger partial charge in [-0.1, -0.05) is 49.5 Å². The minimum absolute atomic E-state index is 0.0184. The quantitative estimate of drug-likeness (QED) is 0.616. The molecule has 2 heteroatoms. The number of hydrogen-bond acceptors (Lipinski definition) is 1. The van der Waals surface area contributed by atoms with Crippen molar-refractivity contribution < 1.29 is 0 Å². The third-order valence-electron chi connectivity index (χ3n) is 3.14. The monoisotopic (exact) mass is 217 g/mol. The van der Waals surface area contributed by atoms with Gasteiger partial charge in [-0.2, -0.15) is 0 Å². The van der Waals surface area contributed by atoms with Crippen molar-refractivity contribution in [2.75, 3.05) is 0 Å². The van der Waals surface area contributed by atoms with Crippen molar-refractivity contribution in [1.82, 2.24) is 5.32 Å². The molecule has 0 radical (unpaired) electrons. The molecule has 15 heavy (non-hydrogen) atoms. The second-order valence-electron chi connectivity index (χ2n) is 3.93. The molecule has 1 nitrogen and oxygen atoms in total. The molecule has 1 N–H and O–H groups in total. The number of thiocarbonyl (C=S) groups is 1. The Morgan fingerprint density at radius 2 is 2.20 bits per heavy atom. The Balaban J connectivity index is 2.54. The summed E-state index contributed by atoms with van der Waals surface area (Å²) in [4.78, 5) is 0.870. The highest BCUT2D eigenvalue weighted by Crippen LogP contribution is 2.37. The van der Waals surface area contributed by atoms with Gasteiger partial charge in [0.25, 0.3) is 0 Å². The fourth-order valence-electron chi connectivity index (χ4n) is 2.28. The highest BCUT2D eigenvalue weighted by atomic mass is 32.1. The predicted molar refractivity (Wildman–Crippen MR) is 68.1 cm³/mol. The molecule has 0 spiro atoms. The maximum absolute atomic E-state index is 5.36. The summed E-state index contributed by atoms with van der Waals surface area (Å²) >= 11 is 5.36. The van der Waals surface area contributed by atoms with Crippen LogP contribution in [0.15, 0.2) is 36.9 Å². The lowest BCUT2D eigenvalue weighted by atomic mass is 9.85. The Labute approximate surface area is 96.2 Å². The van der Waals surface area contributed by atoms with Gasteiger partial charge in [0.2, 0.25) is 0 Å². The van der Waals surface area contributed by atoms with Crippen LogP contribution >= 0.6 is 12.2 Å². The number of fused-ring (bicyclic) bond motifs is 1. The van der Waals surface area contributed by atoms with E-state index < -0.39 is 0 Å². The van der Waals surface area contributed by atoms with Gasteiger partial charge in [0.1, 0.15) is 4.99 Å². The Kier molecular flexibility index (Phi) is 2.61. The van der Waals surface area contributed by atoms with Crippen molar-refractivity contribution in [3.63, 3.8) is 0 Å². The number of rotatable bonds is 3. The maximum atomic E-state index is 5.36. The second kappa shape index (κ2) is 3.78. The van der Waals surface area contributed by atoms with Crippen molar-refractivity contribution in [2.24, 2.45) is 0 Å². The predicted octanol–water partition coefficient (Wildman–Crippen LogP) is 3.15. The minimum atomic E-state index is -0.0184. The first-order chi connectivity index (χ1) is 7.23. The first kappa shape index (κ1) is 10.4. The van der Waals surface area contributed by atoms with E-state index in [0.717, 1.165) is 17.8 Å². The molecule has 78 valence electrons. The highest BCUT2D eigenvalue weighted by Gasteiger charge is 2.37. The first-order valence-corrected chi connectivity index (χ1v) is 5.67. The molecular weight excluding hydrogens is 202 g/mol. The lowest BCUT2D eigenvalue weighted by Crippen LogP contribution is -2.37. The van der Waals surface area contributed by atoms with Crippen molar-refractivity contribution in [1.29, 1.82) is 0 Å². The summed E-state index contributed by atoms with van der Waals surface area (Å²) in [5, 5.41) is 3.44. The van der Waals surface area contributed by atoms with E-state index in [0.29, 0.717) is 0 Å². The molecular formula is C13H15NS. The van der Waals surface area contributed by atoms with Crippen LogP contribution in [-0.4, -0.2) is 4.99 Å². The molecule has 0 aliphatic carbocycles. The van der Waals surface area contributed by atoms with Gasteiger partial charge in [0, 0.05) is 5.56 Å². The van der Waals surface area contributed by atoms with Gasteiger partial charge in [-0.05, 0) is 18.4 Å². The summed E-state index contributed by atoms with van der Waals surface area (Å²) in [5.41, 5.74) is 2.48. The van der Waals surface area contributed by atoms with Gasteiger partial charge in [0.05, 0.1) is 5.54 Å². The molecule has 1 aliphatic heterocycles. The van der Waals surface area contributed by atoms with E-state index in [1.54, 1.807) is 0 Å². The third-order valence-corrected chi connectivity index (χ3v) is 3.46. The SMILES string of the molecule is C=CCC1(CC)NC(=S)c2ccccc21. The zero-order valence-electron chi connectivity index (χ0n) is 8.92. The molecule has 0 saturated carbocycles. The molecule has 1 unspecified atom stereocenters. The van der Waals surface area contributed by atoms with Crippen molar-refractivity contribution >= 4 is 17.2 Å². The van der Waals surface area contributed by atoms with Gasteiger partial charge >= 0.3 is 0 Å². The fourth-order valence-corrected chi connectivity index (χ4v) is 2.65. The molecule has 1 atom stereocenters. The average Bonchev–Trinajstić information content (AvgIpc) is 2.55. The van der Waals surface area contributed by atoms with Crippen LogP contribution in [0, 0.1) is 0 Å². The van der Waals surface area contributed by atoms with Crippen LogP contribution in [0.4, 0.5) is 0 Å². The van der Waals surface area contributed by atoms with Crippen LogP contribution in [0.3, 0.4) is 0 Å². The number of nitrogens with one attached hydrogen (secondary N) is 1. The third kappa shape index (κ3) is 1.49. The smallest absolute Gasteiger partial charge is 0.107 e. The molecule has 1 heterocycles. The van der Waals surface area contributed by atoms with Crippen LogP contribution in [0.25, 0.3) is 0 Å². The average molecular weight is 217 g/mol. The standard InChI is InChI=1S/C13H15NS/c1-3-9-13(4-2)11-8-6-5-7-10(11)12(15)14-13/h3,5-8H,1,4,9H2,2H3,(H,14,15). The van der Waals surface area contributed by atoms with E-state index >= 15 is 0 Å². The first-order valence-electron chi connectivity index (χ1n) is 5.26. The van der Waals surface area contributed by atoms with E-state index in [-0.39, 0.29) is 5.54 Å². The summed E-state index contributed by atoms with van der Waals surface area (Å²) in [5.74, 6) is 0. The molecule has 0 fully saturated rings. The van der Waals surface area contributed by atoms with Crippen LogP contribution in [0.1, 0.15) is 30.9 Å². The lowest BCUT2D eigenvalue weighted by Gasteiger charge is -2.28. The Morgan fingerprint density at radius 1 is 1.47 bits per heavy atom. The molecule has 0 amide bonds.